The minimum absolute atomic E-state index is 0.0208. The number of fused-ring (bicyclic) bond motifs is 1. The van der Waals surface area contributed by atoms with Gasteiger partial charge in [-0.15, -0.1) is 0 Å². The van der Waals surface area contributed by atoms with Crippen molar-refractivity contribution >= 4 is 33.2 Å². The zero-order valence-electron chi connectivity index (χ0n) is 17.9. The first kappa shape index (κ1) is 22.5. The summed E-state index contributed by atoms with van der Waals surface area (Å²) >= 11 is 0. The molecule has 1 heterocycles. The van der Waals surface area contributed by atoms with E-state index in [9.17, 15) is 18.0 Å². The molecule has 0 radical (unpaired) electrons. The summed E-state index contributed by atoms with van der Waals surface area (Å²) in [5, 5.41) is 5.48. The highest BCUT2D eigenvalue weighted by molar-refractivity contribution is 7.89. The van der Waals surface area contributed by atoms with Crippen LogP contribution in [0.3, 0.4) is 0 Å². The fourth-order valence-corrected chi connectivity index (χ4v) is 4.82. The Kier molecular flexibility index (Phi) is 6.43. The lowest BCUT2D eigenvalue weighted by atomic mass is 10.0. The van der Waals surface area contributed by atoms with E-state index in [1.54, 1.807) is 60.7 Å². The Bertz CT molecular complexity index is 1290. The molecular weight excluding hydrogens is 442 g/mol. The third kappa shape index (κ3) is 5.21. The molecule has 2 amide bonds. The van der Waals surface area contributed by atoms with Gasteiger partial charge in [-0.1, -0.05) is 36.4 Å². The van der Waals surface area contributed by atoms with Crippen molar-refractivity contribution in [2.45, 2.75) is 23.8 Å². The number of amides is 2. The van der Waals surface area contributed by atoms with Crippen molar-refractivity contribution < 1.29 is 22.7 Å². The summed E-state index contributed by atoms with van der Waals surface area (Å²) in [7, 11) is -2.53. The molecule has 9 heteroatoms. The van der Waals surface area contributed by atoms with Crippen LogP contribution < -0.4 is 20.1 Å². The molecule has 3 aromatic rings. The van der Waals surface area contributed by atoms with E-state index in [-0.39, 0.29) is 10.8 Å². The Morgan fingerprint density at radius 2 is 1.79 bits per heavy atom. The number of benzene rings is 3. The monoisotopic (exact) mass is 465 g/mol. The molecule has 33 heavy (non-hydrogen) atoms. The minimum Gasteiger partial charge on any atom is -0.497 e. The number of hydrogen-bond acceptors (Lipinski definition) is 5. The smallest absolute Gasteiger partial charge is 0.247 e. The van der Waals surface area contributed by atoms with Gasteiger partial charge in [0.2, 0.25) is 21.8 Å². The average molecular weight is 466 g/mol. The standard InChI is InChI=1S/C24H23N3O5S/c1-32-19-9-5-8-18(15-19)25-24(29)23(16-6-3-2-4-7-16)27-33(30,31)20-11-12-21-17(14-20)10-13-22(28)26-21/h2-9,11-12,14-15,23,27H,10,13H2,1H3,(H,25,29)(H,26,28). The van der Waals surface area contributed by atoms with E-state index in [2.05, 4.69) is 15.4 Å². The predicted molar refractivity (Wildman–Crippen MR) is 125 cm³/mol. The van der Waals surface area contributed by atoms with Crippen LogP contribution in [0, 0.1) is 0 Å². The number of methoxy groups -OCH3 is 1. The number of anilines is 2. The molecule has 1 aliphatic rings. The minimum atomic E-state index is -4.05. The molecule has 0 fully saturated rings. The van der Waals surface area contributed by atoms with Gasteiger partial charge in [0, 0.05) is 23.9 Å². The molecule has 8 nitrogen and oxygen atoms in total. The summed E-state index contributed by atoms with van der Waals surface area (Å²) in [4.78, 5) is 24.8. The van der Waals surface area contributed by atoms with Gasteiger partial charge in [0.25, 0.3) is 0 Å². The molecule has 3 N–H and O–H groups in total. The number of rotatable bonds is 7. The first-order chi connectivity index (χ1) is 15.9. The maximum atomic E-state index is 13.2. The lowest BCUT2D eigenvalue weighted by Gasteiger charge is -2.21. The Balaban J connectivity index is 1.62. The van der Waals surface area contributed by atoms with E-state index >= 15 is 0 Å². The average Bonchev–Trinajstić information content (AvgIpc) is 2.82. The molecule has 1 aliphatic heterocycles. The molecular formula is C24H23N3O5S. The first-order valence-corrected chi connectivity index (χ1v) is 11.8. The summed E-state index contributed by atoms with van der Waals surface area (Å²) in [6.45, 7) is 0. The number of nitrogens with one attached hydrogen (secondary N) is 3. The van der Waals surface area contributed by atoms with Gasteiger partial charge >= 0.3 is 0 Å². The zero-order valence-corrected chi connectivity index (χ0v) is 18.7. The summed E-state index contributed by atoms with van der Waals surface area (Å²) in [6, 6.07) is 18.7. The molecule has 0 saturated heterocycles. The van der Waals surface area contributed by atoms with Crippen molar-refractivity contribution in [1.29, 1.82) is 0 Å². The third-order valence-electron chi connectivity index (χ3n) is 5.29. The molecule has 0 bridgehead atoms. The second-order valence-corrected chi connectivity index (χ2v) is 9.27. The van der Waals surface area contributed by atoms with Crippen molar-refractivity contribution in [3.8, 4) is 5.75 Å². The second kappa shape index (κ2) is 9.43. The molecule has 1 atom stereocenters. The van der Waals surface area contributed by atoms with E-state index in [1.165, 1.54) is 19.2 Å². The number of hydrogen-bond donors (Lipinski definition) is 3. The Hall–Kier alpha value is -3.69. The largest absolute Gasteiger partial charge is 0.497 e. The Labute approximate surface area is 192 Å². The Morgan fingerprint density at radius 3 is 2.55 bits per heavy atom. The zero-order chi connectivity index (χ0) is 23.4. The van der Waals surface area contributed by atoms with Crippen molar-refractivity contribution in [3.63, 3.8) is 0 Å². The number of aryl methyl sites for hydroxylation is 1. The van der Waals surface area contributed by atoms with Gasteiger partial charge in [0.15, 0.2) is 0 Å². The SMILES string of the molecule is COc1cccc(NC(=O)C(NS(=O)(=O)c2ccc3c(c2)CCC(=O)N3)c2ccccc2)c1. The number of ether oxygens (including phenoxy) is 1. The molecule has 0 saturated carbocycles. The van der Waals surface area contributed by atoms with Gasteiger partial charge in [0.1, 0.15) is 11.8 Å². The highest BCUT2D eigenvalue weighted by Crippen LogP contribution is 2.27. The lowest BCUT2D eigenvalue weighted by molar-refractivity contribution is -0.118. The van der Waals surface area contributed by atoms with Crippen LogP contribution in [0.15, 0.2) is 77.7 Å². The van der Waals surface area contributed by atoms with Crippen LogP contribution in [0.2, 0.25) is 0 Å². The Morgan fingerprint density at radius 1 is 1.00 bits per heavy atom. The van der Waals surface area contributed by atoms with Crippen LogP contribution >= 0.6 is 0 Å². The van der Waals surface area contributed by atoms with Crippen molar-refractivity contribution in [2.75, 3.05) is 17.7 Å². The second-order valence-electron chi connectivity index (χ2n) is 7.55. The summed E-state index contributed by atoms with van der Waals surface area (Å²) in [5.74, 6) is -0.0800. The molecule has 0 aromatic heterocycles. The lowest BCUT2D eigenvalue weighted by Crippen LogP contribution is -2.37. The van der Waals surface area contributed by atoms with E-state index < -0.39 is 22.0 Å². The third-order valence-corrected chi connectivity index (χ3v) is 6.71. The van der Waals surface area contributed by atoms with E-state index in [0.29, 0.717) is 35.5 Å². The van der Waals surface area contributed by atoms with Gasteiger partial charge in [-0.2, -0.15) is 4.72 Å². The molecule has 3 aromatic carbocycles. The van der Waals surface area contributed by atoms with E-state index in [1.807, 2.05) is 0 Å². The molecule has 170 valence electrons. The molecule has 0 aliphatic carbocycles. The van der Waals surface area contributed by atoms with Crippen molar-refractivity contribution in [3.05, 3.63) is 83.9 Å². The van der Waals surface area contributed by atoms with Gasteiger partial charge in [-0.25, -0.2) is 8.42 Å². The summed E-state index contributed by atoms with van der Waals surface area (Å²) in [6.07, 6.45) is 0.739. The van der Waals surface area contributed by atoms with Crippen molar-refractivity contribution in [2.24, 2.45) is 0 Å². The van der Waals surface area contributed by atoms with Crippen LogP contribution in [-0.4, -0.2) is 27.3 Å². The van der Waals surface area contributed by atoms with Gasteiger partial charge in [0.05, 0.1) is 12.0 Å². The van der Waals surface area contributed by atoms with Gasteiger partial charge < -0.3 is 15.4 Å². The van der Waals surface area contributed by atoms with Crippen LogP contribution in [0.4, 0.5) is 11.4 Å². The van der Waals surface area contributed by atoms with Crippen LogP contribution in [-0.2, 0) is 26.0 Å². The molecule has 0 spiro atoms. The predicted octanol–water partition coefficient (Wildman–Crippen LogP) is 3.24. The van der Waals surface area contributed by atoms with Gasteiger partial charge in [-0.05, 0) is 47.9 Å². The maximum absolute atomic E-state index is 13.2. The molecule has 1 unspecified atom stereocenters. The van der Waals surface area contributed by atoms with E-state index in [0.717, 1.165) is 5.56 Å². The quantitative estimate of drug-likeness (QED) is 0.496. The fourth-order valence-electron chi connectivity index (χ4n) is 3.58. The maximum Gasteiger partial charge on any atom is 0.247 e. The highest BCUT2D eigenvalue weighted by Gasteiger charge is 2.28. The normalized spacial score (nSPS) is 14.0. The molecule has 4 rings (SSSR count). The number of sulfonamides is 1. The number of carbonyl (C=O) groups excluding carboxylic acids is 2. The van der Waals surface area contributed by atoms with Crippen molar-refractivity contribution in [1.82, 2.24) is 4.72 Å². The summed E-state index contributed by atoms with van der Waals surface area (Å²) < 4.78 is 34.2. The highest BCUT2D eigenvalue weighted by atomic mass is 32.2. The van der Waals surface area contributed by atoms with Gasteiger partial charge in [-0.3, -0.25) is 9.59 Å². The summed E-state index contributed by atoms with van der Waals surface area (Å²) in [5.41, 5.74) is 2.30. The first-order valence-electron chi connectivity index (χ1n) is 10.3. The van der Waals surface area contributed by atoms with E-state index in [4.69, 9.17) is 4.74 Å². The van der Waals surface area contributed by atoms with Crippen LogP contribution in [0.5, 0.6) is 5.75 Å². The van der Waals surface area contributed by atoms with Crippen LogP contribution in [0.1, 0.15) is 23.6 Å². The topological polar surface area (TPSA) is 114 Å². The fraction of sp³-hybridized carbons (Fsp3) is 0.167. The van der Waals surface area contributed by atoms with Crippen LogP contribution in [0.25, 0.3) is 0 Å². The number of carbonyl (C=O) groups is 2.